The molecule has 6 heteroatoms. The van der Waals surface area contributed by atoms with Gasteiger partial charge in [0.2, 0.25) is 0 Å². The van der Waals surface area contributed by atoms with E-state index in [2.05, 4.69) is 4.74 Å². The van der Waals surface area contributed by atoms with Crippen LogP contribution in [0.1, 0.15) is 11.7 Å². The summed E-state index contributed by atoms with van der Waals surface area (Å²) in [5.41, 5.74) is -0.555. The molecule has 0 bridgehead atoms. The molecule has 1 atom stereocenters. The first-order valence-corrected chi connectivity index (χ1v) is 3.94. The van der Waals surface area contributed by atoms with Gasteiger partial charge in [0.05, 0.1) is 7.11 Å². The molecular weight excluding hydrogens is 216 g/mol. The molecule has 0 saturated carbocycles. The van der Waals surface area contributed by atoms with Crippen molar-refractivity contribution in [3.8, 4) is 5.75 Å². The maximum atomic E-state index is 13.0. The van der Waals surface area contributed by atoms with Gasteiger partial charge in [-0.3, -0.25) is 0 Å². The van der Waals surface area contributed by atoms with Gasteiger partial charge in [0, 0.05) is 0 Å². The summed E-state index contributed by atoms with van der Waals surface area (Å²) in [5.74, 6) is -1.12. The van der Waals surface area contributed by atoms with Crippen LogP contribution in [0.3, 0.4) is 0 Å². The van der Waals surface area contributed by atoms with E-state index in [1.165, 1.54) is 7.11 Å². The molecule has 15 heavy (non-hydrogen) atoms. The molecule has 1 N–H and O–H groups in total. The number of methoxy groups -OCH3 is 1. The van der Waals surface area contributed by atoms with E-state index in [9.17, 15) is 17.6 Å². The Balaban J connectivity index is 3.02. The van der Waals surface area contributed by atoms with Gasteiger partial charge in [-0.15, -0.1) is 0 Å². The number of hydrogen-bond donors (Lipinski definition) is 1. The molecule has 1 aromatic rings. The quantitative estimate of drug-likeness (QED) is 0.782. The number of alkyl halides is 3. The van der Waals surface area contributed by atoms with Gasteiger partial charge in [0.15, 0.2) is 17.7 Å². The van der Waals surface area contributed by atoms with Gasteiger partial charge in [-0.25, -0.2) is 4.39 Å². The van der Waals surface area contributed by atoms with Crippen molar-refractivity contribution in [3.63, 3.8) is 0 Å². The fraction of sp³-hybridized carbons (Fsp3) is 0.333. The van der Waals surface area contributed by atoms with Crippen LogP contribution in [0.15, 0.2) is 18.2 Å². The molecule has 1 aromatic carbocycles. The molecule has 0 fully saturated rings. The highest BCUT2D eigenvalue weighted by Crippen LogP contribution is 2.33. The summed E-state index contributed by atoms with van der Waals surface area (Å²) >= 11 is 0. The van der Waals surface area contributed by atoms with E-state index in [1.807, 2.05) is 0 Å². The molecule has 84 valence electrons. The fourth-order valence-corrected chi connectivity index (χ4v) is 1.04. The monoisotopic (exact) mass is 224 g/mol. The van der Waals surface area contributed by atoms with E-state index in [0.29, 0.717) is 6.07 Å². The zero-order valence-corrected chi connectivity index (χ0v) is 7.68. The van der Waals surface area contributed by atoms with Crippen molar-refractivity contribution in [3.05, 3.63) is 29.6 Å². The second-order valence-corrected chi connectivity index (χ2v) is 2.84. The highest BCUT2D eigenvalue weighted by atomic mass is 19.4. The smallest absolute Gasteiger partial charge is 0.418 e. The first-order chi connectivity index (χ1) is 6.86. The predicted molar refractivity (Wildman–Crippen MR) is 44.0 cm³/mol. The van der Waals surface area contributed by atoms with E-state index >= 15 is 0 Å². The first kappa shape index (κ1) is 11.8. The second kappa shape index (κ2) is 4.06. The average molecular weight is 224 g/mol. The molecule has 0 unspecified atom stereocenters. The lowest BCUT2D eigenvalue weighted by molar-refractivity contribution is -0.206. The molecule has 0 amide bonds. The van der Waals surface area contributed by atoms with E-state index in [4.69, 9.17) is 5.11 Å². The minimum absolute atomic E-state index is 0.173. The number of aliphatic hydroxyl groups excluding tert-OH is 1. The highest BCUT2D eigenvalue weighted by molar-refractivity contribution is 5.30. The number of ether oxygens (including phenoxy) is 1. The summed E-state index contributed by atoms with van der Waals surface area (Å²) in [6.45, 7) is 0. The van der Waals surface area contributed by atoms with E-state index in [1.54, 1.807) is 0 Å². The normalized spacial score (nSPS) is 13.7. The average Bonchev–Trinajstić information content (AvgIpc) is 2.15. The van der Waals surface area contributed by atoms with Crippen LogP contribution < -0.4 is 4.74 Å². The second-order valence-electron chi connectivity index (χ2n) is 2.84. The summed E-state index contributed by atoms with van der Waals surface area (Å²) in [4.78, 5) is 0. The van der Waals surface area contributed by atoms with Gasteiger partial charge in [0.25, 0.3) is 0 Å². The van der Waals surface area contributed by atoms with Crippen LogP contribution in [0.5, 0.6) is 5.75 Å². The van der Waals surface area contributed by atoms with Crippen LogP contribution in [0, 0.1) is 5.82 Å². The van der Waals surface area contributed by atoms with Crippen molar-refractivity contribution >= 4 is 0 Å². The molecule has 0 aromatic heterocycles. The third-order valence-corrected chi connectivity index (χ3v) is 1.80. The van der Waals surface area contributed by atoms with Gasteiger partial charge >= 0.3 is 6.18 Å². The number of hydrogen-bond acceptors (Lipinski definition) is 2. The lowest BCUT2D eigenvalue weighted by Crippen LogP contribution is -2.20. The lowest BCUT2D eigenvalue weighted by atomic mass is 10.1. The van der Waals surface area contributed by atoms with Gasteiger partial charge < -0.3 is 9.84 Å². The molecule has 0 radical (unpaired) electrons. The third kappa shape index (κ3) is 2.59. The fourth-order valence-electron chi connectivity index (χ4n) is 1.04. The van der Waals surface area contributed by atoms with Crippen molar-refractivity contribution in [2.75, 3.05) is 7.11 Å². The van der Waals surface area contributed by atoms with Crippen molar-refractivity contribution < 1.29 is 27.4 Å². The summed E-state index contributed by atoms with van der Waals surface area (Å²) in [6.07, 6.45) is -7.49. The Kier molecular flexibility index (Phi) is 3.18. The van der Waals surface area contributed by atoms with Crippen molar-refractivity contribution in [1.29, 1.82) is 0 Å². The van der Waals surface area contributed by atoms with Crippen molar-refractivity contribution in [1.82, 2.24) is 0 Å². The number of aliphatic hydroxyl groups is 1. The summed E-state index contributed by atoms with van der Waals surface area (Å²) in [7, 11) is 1.19. The zero-order valence-electron chi connectivity index (χ0n) is 7.68. The van der Waals surface area contributed by atoms with E-state index in [-0.39, 0.29) is 5.75 Å². The Morgan fingerprint density at radius 3 is 2.33 bits per heavy atom. The number of benzene rings is 1. The standard InChI is InChI=1S/C9H8F4O2/c1-15-7-3-2-5(4-6(7)10)8(14)9(11,12)13/h2-4,8,14H,1H3/t8-/m0/s1. The Morgan fingerprint density at radius 2 is 1.93 bits per heavy atom. The maximum absolute atomic E-state index is 13.0. The number of rotatable bonds is 2. The Hall–Kier alpha value is -1.30. The molecule has 2 nitrogen and oxygen atoms in total. The largest absolute Gasteiger partial charge is 0.494 e. The Morgan fingerprint density at radius 1 is 1.33 bits per heavy atom. The van der Waals surface area contributed by atoms with Crippen LogP contribution in [-0.2, 0) is 0 Å². The Labute approximate surface area is 83.1 Å². The zero-order chi connectivity index (χ0) is 11.6. The van der Waals surface area contributed by atoms with E-state index < -0.39 is 23.7 Å². The minimum atomic E-state index is -4.80. The van der Waals surface area contributed by atoms with Crippen molar-refractivity contribution in [2.45, 2.75) is 12.3 Å². The van der Waals surface area contributed by atoms with Crippen LogP contribution in [0.4, 0.5) is 17.6 Å². The highest BCUT2D eigenvalue weighted by Gasteiger charge is 2.39. The minimum Gasteiger partial charge on any atom is -0.494 e. The van der Waals surface area contributed by atoms with Crippen LogP contribution in [-0.4, -0.2) is 18.4 Å². The molecule has 1 rings (SSSR count). The van der Waals surface area contributed by atoms with Gasteiger partial charge in [0.1, 0.15) is 0 Å². The SMILES string of the molecule is COc1ccc([C@H](O)C(F)(F)F)cc1F. The third-order valence-electron chi connectivity index (χ3n) is 1.80. The summed E-state index contributed by atoms with van der Waals surface area (Å²) in [6, 6.07) is 2.58. The van der Waals surface area contributed by atoms with Gasteiger partial charge in [-0.2, -0.15) is 13.2 Å². The van der Waals surface area contributed by atoms with Gasteiger partial charge in [-0.05, 0) is 17.7 Å². The van der Waals surface area contributed by atoms with Gasteiger partial charge in [-0.1, -0.05) is 6.07 Å². The first-order valence-electron chi connectivity index (χ1n) is 3.94. The predicted octanol–water partition coefficient (Wildman–Crippen LogP) is 2.43. The summed E-state index contributed by atoms with van der Waals surface area (Å²) < 4.78 is 53.7. The summed E-state index contributed by atoms with van der Waals surface area (Å²) in [5, 5.41) is 8.81. The maximum Gasteiger partial charge on any atom is 0.418 e. The molecular formula is C9H8F4O2. The molecule has 0 spiro atoms. The lowest BCUT2D eigenvalue weighted by Gasteiger charge is -2.15. The molecule has 0 saturated heterocycles. The molecule has 0 heterocycles. The molecule has 0 aliphatic rings. The van der Waals surface area contributed by atoms with E-state index in [0.717, 1.165) is 12.1 Å². The van der Waals surface area contributed by atoms with Crippen molar-refractivity contribution in [2.24, 2.45) is 0 Å². The Bertz CT molecular complexity index is 348. The van der Waals surface area contributed by atoms with Crippen LogP contribution in [0.25, 0.3) is 0 Å². The molecule has 0 aliphatic heterocycles. The van der Waals surface area contributed by atoms with Crippen LogP contribution >= 0.6 is 0 Å². The number of halogens is 4. The topological polar surface area (TPSA) is 29.5 Å². The van der Waals surface area contributed by atoms with Crippen LogP contribution in [0.2, 0.25) is 0 Å². The molecule has 0 aliphatic carbocycles.